The van der Waals surface area contributed by atoms with Gasteiger partial charge < -0.3 is 10.5 Å². The van der Waals surface area contributed by atoms with Gasteiger partial charge >= 0.3 is 0 Å². The molecule has 0 saturated carbocycles. The first-order valence-corrected chi connectivity index (χ1v) is 6.84. The van der Waals surface area contributed by atoms with Crippen molar-refractivity contribution >= 4 is 23.2 Å². The van der Waals surface area contributed by atoms with Gasteiger partial charge in [0.15, 0.2) is 0 Å². The Balaban J connectivity index is 2.35. The molecule has 2 nitrogen and oxygen atoms in total. The molecule has 0 spiro atoms. The van der Waals surface area contributed by atoms with E-state index in [2.05, 4.69) is 0 Å². The Morgan fingerprint density at radius 1 is 1.11 bits per heavy atom. The Labute approximate surface area is 123 Å². The molecule has 0 aliphatic heterocycles. The molecule has 2 N–H and O–H groups in total. The largest absolute Gasteiger partial charge is 0.455 e. The van der Waals surface area contributed by atoms with E-state index in [4.69, 9.17) is 33.7 Å². The fourth-order valence-electron chi connectivity index (χ4n) is 1.77. The maximum Gasteiger partial charge on any atom is 0.147 e. The van der Waals surface area contributed by atoms with E-state index in [1.807, 2.05) is 31.2 Å². The van der Waals surface area contributed by atoms with Crippen LogP contribution in [0.1, 0.15) is 24.9 Å². The third kappa shape index (κ3) is 3.41. The summed E-state index contributed by atoms with van der Waals surface area (Å²) in [5, 5.41) is 1.10. The number of rotatable bonds is 4. The maximum absolute atomic E-state index is 6.10. The third-order valence-corrected chi connectivity index (χ3v) is 3.42. The molecule has 2 aromatic carbocycles. The summed E-state index contributed by atoms with van der Waals surface area (Å²) in [7, 11) is 0. The Morgan fingerprint density at radius 3 is 2.58 bits per heavy atom. The Kier molecular flexibility index (Phi) is 4.70. The second-order valence-electron chi connectivity index (χ2n) is 4.23. The number of benzene rings is 2. The lowest BCUT2D eigenvalue weighted by Crippen LogP contribution is -2.09. The quantitative estimate of drug-likeness (QED) is 0.842. The van der Waals surface area contributed by atoms with E-state index in [9.17, 15) is 0 Å². The van der Waals surface area contributed by atoms with Gasteiger partial charge in [0.05, 0.1) is 5.02 Å². The van der Waals surface area contributed by atoms with Crippen LogP contribution in [0, 0.1) is 0 Å². The molecule has 0 aromatic heterocycles. The van der Waals surface area contributed by atoms with Gasteiger partial charge in [-0.1, -0.05) is 48.3 Å². The van der Waals surface area contributed by atoms with Crippen molar-refractivity contribution in [1.29, 1.82) is 0 Å². The van der Waals surface area contributed by atoms with Gasteiger partial charge in [0.2, 0.25) is 0 Å². The normalized spacial score (nSPS) is 12.2. The van der Waals surface area contributed by atoms with Crippen LogP contribution in [0.15, 0.2) is 42.5 Å². The number of ether oxygens (including phenoxy) is 1. The molecule has 2 aromatic rings. The second kappa shape index (κ2) is 6.29. The summed E-state index contributed by atoms with van der Waals surface area (Å²) in [4.78, 5) is 0. The zero-order chi connectivity index (χ0) is 13.8. The molecule has 0 radical (unpaired) electrons. The lowest BCUT2D eigenvalue weighted by molar-refractivity contribution is 0.469. The third-order valence-electron chi connectivity index (χ3n) is 2.87. The highest BCUT2D eigenvalue weighted by Gasteiger charge is 2.12. The average Bonchev–Trinajstić information content (AvgIpc) is 2.42. The first-order valence-electron chi connectivity index (χ1n) is 6.09. The SMILES string of the molecule is CCC(N)c1ccccc1Oc1cc(Cl)ccc1Cl. The summed E-state index contributed by atoms with van der Waals surface area (Å²) < 4.78 is 5.85. The predicted molar refractivity (Wildman–Crippen MR) is 80.2 cm³/mol. The Hall–Kier alpha value is -1.22. The van der Waals surface area contributed by atoms with Crippen molar-refractivity contribution in [2.75, 3.05) is 0 Å². The van der Waals surface area contributed by atoms with Crippen molar-refractivity contribution in [3.63, 3.8) is 0 Å². The van der Waals surface area contributed by atoms with Gasteiger partial charge in [0, 0.05) is 22.7 Å². The molecule has 4 heteroatoms. The standard InChI is InChI=1S/C15H15Cl2NO/c1-2-13(18)11-5-3-4-6-14(11)19-15-9-10(16)7-8-12(15)17/h3-9,13H,2,18H2,1H3. The molecule has 0 amide bonds. The molecule has 0 bridgehead atoms. The molecule has 2 rings (SSSR count). The van der Waals surface area contributed by atoms with Crippen molar-refractivity contribution in [1.82, 2.24) is 0 Å². The van der Waals surface area contributed by atoms with Gasteiger partial charge in [-0.15, -0.1) is 0 Å². The van der Waals surface area contributed by atoms with Gasteiger partial charge in [0.1, 0.15) is 11.5 Å². The first kappa shape index (κ1) is 14.2. The summed E-state index contributed by atoms with van der Waals surface area (Å²) >= 11 is 12.0. The van der Waals surface area contributed by atoms with Gasteiger partial charge in [0.25, 0.3) is 0 Å². The molecular weight excluding hydrogens is 281 g/mol. The van der Waals surface area contributed by atoms with Crippen molar-refractivity contribution < 1.29 is 4.74 Å². The smallest absolute Gasteiger partial charge is 0.147 e. The predicted octanol–water partition coefficient (Wildman–Crippen LogP) is 5.20. The van der Waals surface area contributed by atoms with Gasteiger partial charge in [-0.25, -0.2) is 0 Å². The monoisotopic (exact) mass is 295 g/mol. The van der Waals surface area contributed by atoms with Crippen molar-refractivity contribution in [3.05, 3.63) is 58.1 Å². The summed E-state index contributed by atoms with van der Waals surface area (Å²) in [5.74, 6) is 1.24. The summed E-state index contributed by atoms with van der Waals surface area (Å²) in [6.45, 7) is 2.04. The summed E-state index contributed by atoms with van der Waals surface area (Å²) in [6, 6.07) is 12.7. The minimum Gasteiger partial charge on any atom is -0.455 e. The molecule has 1 atom stereocenters. The van der Waals surface area contributed by atoms with Crippen molar-refractivity contribution in [3.8, 4) is 11.5 Å². The number of para-hydroxylation sites is 1. The minimum absolute atomic E-state index is 0.0610. The van der Waals surface area contributed by atoms with Gasteiger partial charge in [-0.3, -0.25) is 0 Å². The van der Waals surface area contributed by atoms with Crippen LogP contribution in [-0.2, 0) is 0 Å². The van der Waals surface area contributed by atoms with Crippen LogP contribution in [0.2, 0.25) is 10.0 Å². The van der Waals surface area contributed by atoms with Crippen LogP contribution < -0.4 is 10.5 Å². The number of hydrogen-bond acceptors (Lipinski definition) is 2. The highest BCUT2D eigenvalue weighted by molar-refractivity contribution is 6.34. The van der Waals surface area contributed by atoms with E-state index >= 15 is 0 Å². The lowest BCUT2D eigenvalue weighted by atomic mass is 10.0. The molecule has 0 fully saturated rings. The average molecular weight is 296 g/mol. The highest BCUT2D eigenvalue weighted by Crippen LogP contribution is 2.35. The lowest BCUT2D eigenvalue weighted by Gasteiger charge is -2.16. The molecule has 0 heterocycles. The molecule has 19 heavy (non-hydrogen) atoms. The van der Waals surface area contributed by atoms with Crippen LogP contribution >= 0.6 is 23.2 Å². The fourth-order valence-corrected chi connectivity index (χ4v) is 2.09. The zero-order valence-corrected chi connectivity index (χ0v) is 12.1. The van der Waals surface area contributed by atoms with E-state index in [1.54, 1.807) is 18.2 Å². The number of halogens is 2. The highest BCUT2D eigenvalue weighted by atomic mass is 35.5. The van der Waals surface area contributed by atoms with Gasteiger partial charge in [-0.05, 0) is 24.6 Å². The van der Waals surface area contributed by atoms with Crippen molar-refractivity contribution in [2.45, 2.75) is 19.4 Å². The molecule has 100 valence electrons. The van der Waals surface area contributed by atoms with E-state index < -0.39 is 0 Å². The fraction of sp³-hybridized carbons (Fsp3) is 0.200. The van der Waals surface area contributed by atoms with E-state index in [0.29, 0.717) is 21.5 Å². The van der Waals surface area contributed by atoms with Crippen molar-refractivity contribution in [2.24, 2.45) is 5.73 Å². The van der Waals surface area contributed by atoms with Crippen LogP contribution in [-0.4, -0.2) is 0 Å². The molecule has 0 aliphatic rings. The molecule has 0 aliphatic carbocycles. The minimum atomic E-state index is -0.0610. The van der Waals surface area contributed by atoms with E-state index in [-0.39, 0.29) is 6.04 Å². The Morgan fingerprint density at radius 2 is 1.84 bits per heavy atom. The first-order chi connectivity index (χ1) is 9.11. The van der Waals surface area contributed by atoms with Crippen LogP contribution in [0.4, 0.5) is 0 Å². The van der Waals surface area contributed by atoms with Crippen LogP contribution in [0.3, 0.4) is 0 Å². The maximum atomic E-state index is 6.10. The topological polar surface area (TPSA) is 35.2 Å². The number of nitrogens with two attached hydrogens (primary N) is 1. The zero-order valence-electron chi connectivity index (χ0n) is 10.6. The summed E-state index contributed by atoms with van der Waals surface area (Å²) in [5.41, 5.74) is 7.04. The number of hydrogen-bond donors (Lipinski definition) is 1. The summed E-state index contributed by atoms with van der Waals surface area (Å²) in [6.07, 6.45) is 0.837. The molecule has 1 unspecified atom stereocenters. The molecular formula is C15H15Cl2NO. The van der Waals surface area contributed by atoms with Gasteiger partial charge in [-0.2, -0.15) is 0 Å². The van der Waals surface area contributed by atoms with Crippen LogP contribution in [0.25, 0.3) is 0 Å². The second-order valence-corrected chi connectivity index (χ2v) is 5.07. The van der Waals surface area contributed by atoms with Crippen LogP contribution in [0.5, 0.6) is 11.5 Å². The van der Waals surface area contributed by atoms with E-state index in [0.717, 1.165) is 12.0 Å². The van der Waals surface area contributed by atoms with E-state index in [1.165, 1.54) is 0 Å². The molecule has 0 saturated heterocycles. The Bertz CT molecular complexity index is 572.